The lowest BCUT2D eigenvalue weighted by Crippen LogP contribution is -2.41. The fourth-order valence-corrected chi connectivity index (χ4v) is 4.29. The van der Waals surface area contributed by atoms with Crippen LogP contribution in [-0.4, -0.2) is 41.9 Å². The molecule has 1 saturated carbocycles. The summed E-state index contributed by atoms with van der Waals surface area (Å²) in [5, 5.41) is 4.01. The van der Waals surface area contributed by atoms with Gasteiger partial charge in [-0.3, -0.25) is 4.90 Å². The number of alkyl carbamates (subject to hydrolysis) is 1. The molecule has 1 N–H and O–H groups in total. The molecule has 4 nitrogen and oxygen atoms in total. The van der Waals surface area contributed by atoms with E-state index in [0.717, 1.165) is 24.2 Å². The van der Waals surface area contributed by atoms with Gasteiger partial charge in [-0.15, -0.1) is 11.3 Å². The molecule has 1 aliphatic rings. The van der Waals surface area contributed by atoms with Crippen LogP contribution in [-0.2, 0) is 4.74 Å². The van der Waals surface area contributed by atoms with Gasteiger partial charge in [-0.2, -0.15) is 13.2 Å². The van der Waals surface area contributed by atoms with E-state index >= 15 is 0 Å². The SMILES string of the molecule is CC(C)(C)OC(=O)NCCN(C1CC1)C(CC(F)(F)F)c1scc(Br)c1F. The minimum absolute atomic E-state index is 0.0435. The van der Waals surface area contributed by atoms with Crippen LogP contribution >= 0.6 is 27.3 Å². The second-order valence-corrected chi connectivity index (χ2v) is 9.26. The summed E-state index contributed by atoms with van der Waals surface area (Å²) in [5.74, 6) is -0.653. The third-order valence-electron chi connectivity index (χ3n) is 3.90. The predicted molar refractivity (Wildman–Crippen MR) is 99.4 cm³/mol. The van der Waals surface area contributed by atoms with Crippen molar-refractivity contribution in [2.24, 2.45) is 0 Å². The number of hydrogen-bond donors (Lipinski definition) is 1. The van der Waals surface area contributed by atoms with Crippen LogP contribution in [0.3, 0.4) is 0 Å². The molecule has 10 heteroatoms. The lowest BCUT2D eigenvalue weighted by atomic mass is 10.1. The quantitative estimate of drug-likeness (QED) is 0.520. The number of halogens is 5. The average Bonchev–Trinajstić information content (AvgIpc) is 3.26. The Morgan fingerprint density at radius 3 is 2.48 bits per heavy atom. The number of nitrogens with zero attached hydrogens (tertiary/aromatic N) is 1. The van der Waals surface area contributed by atoms with Crippen molar-refractivity contribution in [3.8, 4) is 0 Å². The Balaban J connectivity index is 2.10. The Labute approximate surface area is 168 Å². The maximum absolute atomic E-state index is 14.3. The Bertz CT molecular complexity index is 656. The molecular weight excluding hydrogens is 452 g/mol. The van der Waals surface area contributed by atoms with Gasteiger partial charge in [0.05, 0.1) is 21.8 Å². The summed E-state index contributed by atoms with van der Waals surface area (Å²) in [5.41, 5.74) is -0.661. The Kier molecular flexibility index (Phi) is 7.18. The molecule has 2 rings (SSSR count). The Hall–Kier alpha value is -0.870. The number of hydrogen-bond acceptors (Lipinski definition) is 4. The highest BCUT2D eigenvalue weighted by molar-refractivity contribution is 9.10. The highest BCUT2D eigenvalue weighted by atomic mass is 79.9. The monoisotopic (exact) mass is 474 g/mol. The number of thiophene rings is 1. The van der Waals surface area contributed by atoms with E-state index in [4.69, 9.17) is 4.74 Å². The minimum atomic E-state index is -4.43. The number of amides is 1. The van der Waals surface area contributed by atoms with E-state index in [0.29, 0.717) is 0 Å². The highest BCUT2D eigenvalue weighted by Crippen LogP contribution is 2.43. The molecule has 1 atom stereocenters. The van der Waals surface area contributed by atoms with Crippen LogP contribution in [0.2, 0.25) is 0 Å². The smallest absolute Gasteiger partial charge is 0.407 e. The zero-order valence-electron chi connectivity index (χ0n) is 15.3. The van der Waals surface area contributed by atoms with Gasteiger partial charge in [0.2, 0.25) is 0 Å². The molecule has 1 fully saturated rings. The van der Waals surface area contributed by atoms with Gasteiger partial charge in [0, 0.05) is 24.5 Å². The molecule has 1 aromatic rings. The first-order chi connectivity index (χ1) is 12.4. The van der Waals surface area contributed by atoms with E-state index in [9.17, 15) is 22.4 Å². The summed E-state index contributed by atoms with van der Waals surface area (Å²) in [7, 11) is 0. The summed E-state index contributed by atoms with van der Waals surface area (Å²) in [4.78, 5) is 13.5. The molecular formula is C17H23BrF4N2O2S. The number of rotatable bonds is 7. The number of alkyl halides is 3. The van der Waals surface area contributed by atoms with Gasteiger partial charge in [-0.1, -0.05) is 0 Å². The first-order valence-electron chi connectivity index (χ1n) is 8.59. The molecule has 1 heterocycles. The molecule has 154 valence electrons. The third-order valence-corrected chi connectivity index (χ3v) is 5.84. The summed E-state index contributed by atoms with van der Waals surface area (Å²) in [6.07, 6.45) is -4.68. The molecule has 1 aliphatic carbocycles. The van der Waals surface area contributed by atoms with Gasteiger partial charge in [-0.25, -0.2) is 9.18 Å². The van der Waals surface area contributed by atoms with Crippen molar-refractivity contribution >= 4 is 33.4 Å². The van der Waals surface area contributed by atoms with Crippen molar-refractivity contribution in [2.75, 3.05) is 13.1 Å². The highest BCUT2D eigenvalue weighted by Gasteiger charge is 2.42. The molecule has 0 bridgehead atoms. The topological polar surface area (TPSA) is 41.6 Å². The van der Waals surface area contributed by atoms with Gasteiger partial charge >= 0.3 is 12.3 Å². The van der Waals surface area contributed by atoms with Gasteiger partial charge in [0.15, 0.2) is 5.82 Å². The molecule has 0 aromatic carbocycles. The van der Waals surface area contributed by atoms with Crippen LogP contribution in [0.5, 0.6) is 0 Å². The minimum Gasteiger partial charge on any atom is -0.444 e. The number of carbonyl (C=O) groups excluding carboxylic acids is 1. The van der Waals surface area contributed by atoms with Crippen molar-refractivity contribution < 1.29 is 27.1 Å². The van der Waals surface area contributed by atoms with Gasteiger partial charge in [0.1, 0.15) is 5.60 Å². The standard InChI is InChI=1S/C17H23BrF4N2O2S/c1-16(2,3)26-15(25)23-6-7-24(10-4-5-10)12(8-17(20,21)22)14-13(19)11(18)9-27-14/h9-10,12H,4-8H2,1-3H3,(H,23,25). The van der Waals surface area contributed by atoms with Crippen LogP contribution in [0.4, 0.5) is 22.4 Å². The van der Waals surface area contributed by atoms with Crippen LogP contribution in [0.15, 0.2) is 9.85 Å². The largest absolute Gasteiger partial charge is 0.444 e. The molecule has 0 spiro atoms. The summed E-state index contributed by atoms with van der Waals surface area (Å²) in [6, 6.07) is -1.16. The predicted octanol–water partition coefficient (Wildman–Crippen LogP) is 5.63. The van der Waals surface area contributed by atoms with Gasteiger partial charge < -0.3 is 10.1 Å². The summed E-state index contributed by atoms with van der Waals surface area (Å²) >= 11 is 4.00. The van der Waals surface area contributed by atoms with E-state index in [1.165, 1.54) is 5.38 Å². The molecule has 1 aromatic heterocycles. The van der Waals surface area contributed by atoms with Gasteiger partial charge in [0.25, 0.3) is 0 Å². The Morgan fingerprint density at radius 1 is 1.41 bits per heavy atom. The zero-order chi connectivity index (χ0) is 20.4. The second-order valence-electron chi connectivity index (χ2n) is 7.49. The summed E-state index contributed by atoms with van der Waals surface area (Å²) < 4.78 is 59.1. The van der Waals surface area contributed by atoms with Crippen LogP contribution in [0.1, 0.15) is 51.0 Å². The lowest BCUT2D eigenvalue weighted by molar-refractivity contribution is -0.148. The number of ether oxygens (including phenoxy) is 1. The normalized spacial score (nSPS) is 16.5. The van der Waals surface area contributed by atoms with Crippen LogP contribution in [0.25, 0.3) is 0 Å². The third kappa shape index (κ3) is 7.23. The van der Waals surface area contributed by atoms with E-state index in [2.05, 4.69) is 21.2 Å². The average molecular weight is 475 g/mol. The maximum Gasteiger partial charge on any atom is 0.407 e. The molecule has 0 aliphatic heterocycles. The number of carbonyl (C=O) groups is 1. The maximum atomic E-state index is 14.3. The van der Waals surface area contributed by atoms with E-state index < -0.39 is 36.2 Å². The van der Waals surface area contributed by atoms with Crippen molar-refractivity contribution in [1.29, 1.82) is 0 Å². The zero-order valence-corrected chi connectivity index (χ0v) is 17.7. The lowest BCUT2D eigenvalue weighted by Gasteiger charge is -2.32. The van der Waals surface area contributed by atoms with E-state index in [-0.39, 0.29) is 28.5 Å². The second kappa shape index (κ2) is 8.65. The van der Waals surface area contributed by atoms with Crippen molar-refractivity contribution in [1.82, 2.24) is 10.2 Å². The summed E-state index contributed by atoms with van der Waals surface area (Å²) in [6.45, 7) is 5.47. The van der Waals surface area contributed by atoms with E-state index in [1.54, 1.807) is 25.7 Å². The van der Waals surface area contributed by atoms with Crippen molar-refractivity contribution in [3.63, 3.8) is 0 Å². The van der Waals surface area contributed by atoms with Gasteiger partial charge in [-0.05, 0) is 49.5 Å². The molecule has 1 amide bonds. The van der Waals surface area contributed by atoms with Crippen molar-refractivity contribution in [2.45, 2.75) is 63.9 Å². The van der Waals surface area contributed by atoms with Crippen LogP contribution in [0, 0.1) is 5.82 Å². The molecule has 0 radical (unpaired) electrons. The molecule has 0 saturated heterocycles. The van der Waals surface area contributed by atoms with Crippen molar-refractivity contribution in [3.05, 3.63) is 20.5 Å². The molecule has 27 heavy (non-hydrogen) atoms. The fourth-order valence-electron chi connectivity index (χ4n) is 2.74. The van der Waals surface area contributed by atoms with E-state index in [1.807, 2.05) is 0 Å². The number of nitrogens with one attached hydrogen (secondary N) is 1. The first kappa shape index (κ1) is 22.4. The van der Waals surface area contributed by atoms with Crippen LogP contribution < -0.4 is 5.32 Å². The molecule has 1 unspecified atom stereocenters. The fraction of sp³-hybridized carbons (Fsp3) is 0.706. The first-order valence-corrected chi connectivity index (χ1v) is 10.3. The Morgan fingerprint density at radius 2 is 2.04 bits per heavy atom.